The van der Waals surface area contributed by atoms with E-state index in [0.29, 0.717) is 18.2 Å². The van der Waals surface area contributed by atoms with Crippen LogP contribution in [0, 0.1) is 29.6 Å². The van der Waals surface area contributed by atoms with Crippen LogP contribution in [0.2, 0.25) is 0 Å². The van der Waals surface area contributed by atoms with Gasteiger partial charge >= 0.3 is 0 Å². The predicted molar refractivity (Wildman–Crippen MR) is 85.4 cm³/mol. The minimum absolute atomic E-state index is 0.358. The van der Waals surface area contributed by atoms with Gasteiger partial charge in [-0.2, -0.15) is 0 Å². The Hall–Kier alpha value is -0.590. The summed E-state index contributed by atoms with van der Waals surface area (Å²) in [5.41, 5.74) is 1.01. The molecule has 1 aromatic carbocycles. The fraction of sp³-hybridized carbons (Fsp3) is 0.667. The third-order valence-electron chi connectivity index (χ3n) is 6.19. The number of rotatable bonds is 4. The van der Waals surface area contributed by atoms with Crippen molar-refractivity contribution < 1.29 is 9.46 Å². The molecule has 0 radical (unpaired) electrons. The van der Waals surface area contributed by atoms with E-state index in [0.717, 1.165) is 29.2 Å². The van der Waals surface area contributed by atoms with E-state index < -0.39 is 7.37 Å². The molecule has 0 heterocycles. The monoisotopic (exact) mass is 304 g/mol. The van der Waals surface area contributed by atoms with Crippen molar-refractivity contribution in [2.45, 2.75) is 38.3 Å². The maximum atomic E-state index is 12.7. The topological polar surface area (TPSA) is 37.3 Å². The zero-order valence-corrected chi connectivity index (χ0v) is 13.4. The summed E-state index contributed by atoms with van der Waals surface area (Å²) in [5.74, 6) is 3.90. The Kier molecular flexibility index (Phi) is 3.51. The molecule has 0 aliphatic heterocycles. The Morgan fingerprint density at radius 1 is 0.952 bits per heavy atom. The van der Waals surface area contributed by atoms with Crippen LogP contribution in [0.5, 0.6) is 0 Å². The summed E-state index contributed by atoms with van der Waals surface area (Å²) in [6, 6.07) is 9.82. The third kappa shape index (κ3) is 2.85. The van der Waals surface area contributed by atoms with Gasteiger partial charge in [0.1, 0.15) is 0 Å². The van der Waals surface area contributed by atoms with Gasteiger partial charge in [-0.25, -0.2) is 0 Å². The summed E-state index contributed by atoms with van der Waals surface area (Å²) in [4.78, 5) is 10.5. The van der Waals surface area contributed by atoms with Gasteiger partial charge < -0.3 is 4.89 Å². The third-order valence-corrected chi connectivity index (χ3v) is 8.04. The minimum atomic E-state index is -3.04. The van der Waals surface area contributed by atoms with E-state index >= 15 is 0 Å². The molecule has 4 fully saturated rings. The highest BCUT2D eigenvalue weighted by molar-refractivity contribution is 7.57. The van der Waals surface area contributed by atoms with Crippen molar-refractivity contribution in [2.75, 3.05) is 6.16 Å². The highest BCUT2D eigenvalue weighted by Gasteiger charge is 2.49. The van der Waals surface area contributed by atoms with E-state index in [1.165, 1.54) is 32.1 Å². The number of hydrogen-bond acceptors (Lipinski definition) is 1. The molecule has 0 aromatic heterocycles. The van der Waals surface area contributed by atoms with Gasteiger partial charge in [0.15, 0.2) is 0 Å². The quantitative estimate of drug-likeness (QED) is 0.830. The van der Waals surface area contributed by atoms with Crippen molar-refractivity contribution in [3.8, 4) is 0 Å². The predicted octanol–water partition coefficient (Wildman–Crippen LogP) is 4.53. The Bertz CT molecular complexity index is 526. The average Bonchev–Trinajstić information content (AvgIpc) is 2.43. The summed E-state index contributed by atoms with van der Waals surface area (Å²) in [6.45, 7) is 0. The van der Waals surface area contributed by atoms with Gasteiger partial charge in [-0.1, -0.05) is 30.3 Å². The van der Waals surface area contributed by atoms with Crippen LogP contribution >= 0.6 is 7.37 Å². The molecule has 5 rings (SSSR count). The molecule has 0 spiro atoms. The zero-order chi connectivity index (χ0) is 14.4. The average molecular weight is 304 g/mol. The Labute approximate surface area is 127 Å². The molecule has 21 heavy (non-hydrogen) atoms. The van der Waals surface area contributed by atoms with Crippen molar-refractivity contribution in [1.82, 2.24) is 0 Å². The Morgan fingerprint density at radius 3 is 2.10 bits per heavy atom. The van der Waals surface area contributed by atoms with Crippen molar-refractivity contribution in [1.29, 1.82) is 0 Å². The van der Waals surface area contributed by atoms with E-state index in [1.54, 1.807) is 0 Å². The van der Waals surface area contributed by atoms with E-state index in [-0.39, 0.29) is 0 Å². The second kappa shape index (κ2) is 5.25. The molecule has 114 valence electrons. The molecule has 3 heteroatoms. The molecule has 4 saturated carbocycles. The van der Waals surface area contributed by atoms with Crippen molar-refractivity contribution in [3.63, 3.8) is 0 Å². The van der Waals surface area contributed by atoms with Crippen molar-refractivity contribution in [2.24, 2.45) is 29.6 Å². The van der Waals surface area contributed by atoms with Crippen LogP contribution in [-0.4, -0.2) is 11.1 Å². The van der Waals surface area contributed by atoms with E-state index in [9.17, 15) is 9.46 Å². The SMILES string of the molecule is O=P(O)(Cc1ccccc1)CC1C2CC3CC(C2)CC1C3. The Balaban J connectivity index is 1.46. The van der Waals surface area contributed by atoms with E-state index in [4.69, 9.17) is 0 Å². The summed E-state index contributed by atoms with van der Waals surface area (Å²) < 4.78 is 12.7. The maximum Gasteiger partial charge on any atom is 0.205 e. The van der Waals surface area contributed by atoms with Gasteiger partial charge in [0, 0.05) is 12.3 Å². The van der Waals surface area contributed by atoms with Gasteiger partial charge in [-0.15, -0.1) is 0 Å². The minimum Gasteiger partial charge on any atom is -0.344 e. The molecule has 0 saturated heterocycles. The highest BCUT2D eigenvalue weighted by atomic mass is 31.2. The first-order valence-electron chi connectivity index (χ1n) is 8.44. The molecule has 0 amide bonds. The lowest BCUT2D eigenvalue weighted by Crippen LogP contribution is -2.46. The fourth-order valence-corrected chi connectivity index (χ4v) is 7.76. The molecule has 1 atom stereocenters. The normalized spacial score (nSPS) is 40.1. The lowest BCUT2D eigenvalue weighted by atomic mass is 9.52. The van der Waals surface area contributed by atoms with Gasteiger partial charge in [0.05, 0.1) is 0 Å². The van der Waals surface area contributed by atoms with Crippen LogP contribution in [0.25, 0.3) is 0 Å². The second-order valence-electron chi connectivity index (χ2n) is 7.77. The van der Waals surface area contributed by atoms with Crippen LogP contribution < -0.4 is 0 Å². The lowest BCUT2D eigenvalue weighted by molar-refractivity contribution is -0.0276. The first-order chi connectivity index (χ1) is 10.1. The van der Waals surface area contributed by atoms with Crippen LogP contribution in [0.3, 0.4) is 0 Å². The number of hydrogen-bond donors (Lipinski definition) is 1. The standard InChI is InChI=1S/C18H25O2P/c19-21(20,11-13-4-2-1-3-5-13)12-18-16-7-14-6-15(9-16)10-17(18)8-14/h1-5,14-18H,6-12H2,(H,19,20). The fourth-order valence-electron chi connectivity index (χ4n) is 5.60. The van der Waals surface area contributed by atoms with Crippen LogP contribution in [0.15, 0.2) is 30.3 Å². The summed E-state index contributed by atoms with van der Waals surface area (Å²) in [5, 5.41) is 0. The molecule has 1 N–H and O–H groups in total. The van der Waals surface area contributed by atoms with E-state index in [2.05, 4.69) is 0 Å². The molecular weight excluding hydrogens is 279 g/mol. The van der Waals surface area contributed by atoms with E-state index in [1.807, 2.05) is 30.3 Å². The summed E-state index contributed by atoms with van der Waals surface area (Å²) in [7, 11) is -3.04. The van der Waals surface area contributed by atoms with Crippen molar-refractivity contribution >= 4 is 7.37 Å². The molecule has 4 aliphatic carbocycles. The molecule has 2 nitrogen and oxygen atoms in total. The van der Waals surface area contributed by atoms with Crippen LogP contribution in [0.4, 0.5) is 0 Å². The van der Waals surface area contributed by atoms with Gasteiger partial charge in [0.2, 0.25) is 7.37 Å². The molecular formula is C18H25O2P. The first kappa shape index (κ1) is 14.0. The smallest absolute Gasteiger partial charge is 0.205 e. The number of benzene rings is 1. The first-order valence-corrected chi connectivity index (χ1v) is 10.5. The summed E-state index contributed by atoms with van der Waals surface area (Å²) >= 11 is 0. The highest BCUT2D eigenvalue weighted by Crippen LogP contribution is 2.60. The van der Waals surface area contributed by atoms with Crippen LogP contribution in [0.1, 0.15) is 37.7 Å². The largest absolute Gasteiger partial charge is 0.344 e. The maximum absolute atomic E-state index is 12.7. The van der Waals surface area contributed by atoms with Gasteiger partial charge in [-0.05, 0) is 67.3 Å². The lowest BCUT2D eigenvalue weighted by Gasteiger charge is -2.54. The second-order valence-corrected chi connectivity index (χ2v) is 10.1. The Morgan fingerprint density at radius 2 is 1.52 bits per heavy atom. The van der Waals surface area contributed by atoms with Crippen LogP contribution in [-0.2, 0) is 10.7 Å². The molecule has 4 bridgehead atoms. The van der Waals surface area contributed by atoms with Gasteiger partial charge in [0.25, 0.3) is 0 Å². The summed E-state index contributed by atoms with van der Waals surface area (Å²) in [6.07, 6.45) is 7.71. The molecule has 4 aliphatic rings. The molecule has 1 aromatic rings. The molecule has 1 unspecified atom stereocenters. The van der Waals surface area contributed by atoms with Crippen molar-refractivity contribution in [3.05, 3.63) is 35.9 Å². The zero-order valence-electron chi connectivity index (χ0n) is 12.5. The van der Waals surface area contributed by atoms with Gasteiger partial charge in [-0.3, -0.25) is 4.57 Å².